The van der Waals surface area contributed by atoms with E-state index in [0.29, 0.717) is 31.4 Å². The van der Waals surface area contributed by atoms with Gasteiger partial charge in [0.25, 0.3) is 5.91 Å². The van der Waals surface area contributed by atoms with Gasteiger partial charge in [-0.3, -0.25) is 14.9 Å². The molecule has 4 aliphatic rings. The predicted octanol–water partition coefficient (Wildman–Crippen LogP) is 1.58. The second-order valence-corrected chi connectivity index (χ2v) is 8.57. The number of amides is 3. The molecule has 0 radical (unpaired) electrons. The number of rotatable bonds is 6. The fourth-order valence-corrected chi connectivity index (χ4v) is 5.84. The molecule has 0 aliphatic heterocycles. The van der Waals surface area contributed by atoms with Crippen molar-refractivity contribution < 1.29 is 23.9 Å². The van der Waals surface area contributed by atoms with Crippen molar-refractivity contribution in [2.75, 3.05) is 26.9 Å². The number of ether oxygens (including phenoxy) is 2. The van der Waals surface area contributed by atoms with Crippen molar-refractivity contribution in [3.05, 3.63) is 0 Å². The summed E-state index contributed by atoms with van der Waals surface area (Å²) in [6.07, 6.45) is 5.33. The molecule has 2 atom stereocenters. The van der Waals surface area contributed by atoms with Crippen molar-refractivity contribution >= 4 is 29.5 Å². The number of hydrogen-bond donors (Lipinski definition) is 2. The molecule has 0 aromatic carbocycles. The third kappa shape index (κ3) is 4.08. The standard InChI is InChI=1S/C17H25ClN2O5/c1-24-3-2-19-15(23)20-13(21)9-25-14(22)16-5-11-4-12(6-16)8-17(18,7-11)10-16/h11-12H,2-10H2,1H3,(H2,19,20,21,23)/t11-,12-,16?,17?/m1/s1. The van der Waals surface area contributed by atoms with Crippen LogP contribution in [0.5, 0.6) is 0 Å². The first-order valence-corrected chi connectivity index (χ1v) is 9.15. The Bertz CT molecular complexity index is 553. The summed E-state index contributed by atoms with van der Waals surface area (Å²) in [5, 5.41) is 4.59. The Kier molecular flexibility index (Phi) is 5.25. The zero-order valence-corrected chi connectivity index (χ0v) is 15.2. The molecule has 4 bridgehead atoms. The molecule has 0 heterocycles. The van der Waals surface area contributed by atoms with E-state index in [1.807, 2.05) is 0 Å². The summed E-state index contributed by atoms with van der Waals surface area (Å²) >= 11 is 6.71. The second-order valence-electron chi connectivity index (χ2n) is 7.77. The quantitative estimate of drug-likeness (QED) is 0.419. The maximum absolute atomic E-state index is 12.7. The highest BCUT2D eigenvalue weighted by molar-refractivity contribution is 6.24. The summed E-state index contributed by atoms with van der Waals surface area (Å²) in [6.45, 7) is 0.184. The van der Waals surface area contributed by atoms with Crippen molar-refractivity contribution in [3.8, 4) is 0 Å². The molecule has 3 amide bonds. The van der Waals surface area contributed by atoms with Gasteiger partial charge in [0.2, 0.25) is 0 Å². The van der Waals surface area contributed by atoms with Crippen molar-refractivity contribution in [1.29, 1.82) is 0 Å². The minimum Gasteiger partial charge on any atom is -0.455 e. The largest absolute Gasteiger partial charge is 0.455 e. The minimum atomic E-state index is -0.645. The molecule has 0 unspecified atom stereocenters. The Morgan fingerprint density at radius 2 is 1.84 bits per heavy atom. The topological polar surface area (TPSA) is 93.7 Å². The van der Waals surface area contributed by atoms with E-state index in [0.717, 1.165) is 32.1 Å². The highest BCUT2D eigenvalue weighted by atomic mass is 35.5. The number of nitrogens with one attached hydrogen (secondary N) is 2. The maximum atomic E-state index is 12.7. The number of alkyl halides is 1. The van der Waals surface area contributed by atoms with Gasteiger partial charge in [0.05, 0.1) is 12.0 Å². The lowest BCUT2D eigenvalue weighted by Gasteiger charge is -2.58. The summed E-state index contributed by atoms with van der Waals surface area (Å²) < 4.78 is 10.0. The average molecular weight is 373 g/mol. The van der Waals surface area contributed by atoms with Gasteiger partial charge in [-0.2, -0.15) is 0 Å². The molecule has 4 aliphatic carbocycles. The number of urea groups is 1. The van der Waals surface area contributed by atoms with Crippen LogP contribution in [-0.2, 0) is 19.1 Å². The van der Waals surface area contributed by atoms with E-state index in [9.17, 15) is 14.4 Å². The molecular formula is C17H25ClN2O5. The van der Waals surface area contributed by atoms with Gasteiger partial charge in [-0.25, -0.2) is 4.79 Å². The van der Waals surface area contributed by atoms with Crippen LogP contribution in [0.3, 0.4) is 0 Å². The second kappa shape index (κ2) is 7.11. The van der Waals surface area contributed by atoms with Gasteiger partial charge < -0.3 is 14.8 Å². The molecule has 25 heavy (non-hydrogen) atoms. The van der Waals surface area contributed by atoms with Crippen molar-refractivity contribution in [2.24, 2.45) is 17.3 Å². The number of carbonyl (C=O) groups excluding carboxylic acids is 3. The number of esters is 1. The monoisotopic (exact) mass is 372 g/mol. The van der Waals surface area contributed by atoms with E-state index in [1.165, 1.54) is 7.11 Å². The fraction of sp³-hybridized carbons (Fsp3) is 0.824. The highest BCUT2D eigenvalue weighted by Crippen LogP contribution is 2.64. The molecule has 0 saturated heterocycles. The summed E-state index contributed by atoms with van der Waals surface area (Å²) in [6, 6.07) is -0.632. The summed E-state index contributed by atoms with van der Waals surface area (Å²) in [5.74, 6) is -0.0338. The van der Waals surface area contributed by atoms with Crippen LogP contribution in [0.15, 0.2) is 0 Å². The molecular weight excluding hydrogens is 348 g/mol. The van der Waals surface area contributed by atoms with E-state index >= 15 is 0 Å². The van der Waals surface area contributed by atoms with E-state index < -0.39 is 24.0 Å². The molecule has 7 nitrogen and oxygen atoms in total. The first-order chi connectivity index (χ1) is 11.8. The summed E-state index contributed by atoms with van der Waals surface area (Å²) in [4.78, 5) is 35.6. The lowest BCUT2D eigenvalue weighted by Crippen LogP contribution is -2.56. The lowest BCUT2D eigenvalue weighted by atomic mass is 9.49. The number of methoxy groups -OCH3 is 1. The third-order valence-corrected chi connectivity index (χ3v) is 6.04. The van der Waals surface area contributed by atoms with E-state index in [1.54, 1.807) is 0 Å². The smallest absolute Gasteiger partial charge is 0.321 e. The van der Waals surface area contributed by atoms with Gasteiger partial charge in [0.15, 0.2) is 6.61 Å². The zero-order valence-electron chi connectivity index (χ0n) is 14.4. The highest BCUT2D eigenvalue weighted by Gasteiger charge is 2.60. The van der Waals surface area contributed by atoms with Gasteiger partial charge in [-0.1, -0.05) is 0 Å². The average Bonchev–Trinajstić information content (AvgIpc) is 2.50. The lowest BCUT2D eigenvalue weighted by molar-refractivity contribution is -0.171. The Balaban J connectivity index is 1.48. The van der Waals surface area contributed by atoms with Gasteiger partial charge in [0, 0.05) is 18.5 Å². The molecule has 4 saturated carbocycles. The van der Waals surface area contributed by atoms with Crippen LogP contribution in [0.4, 0.5) is 4.79 Å². The van der Waals surface area contributed by atoms with Crippen LogP contribution in [0.1, 0.15) is 38.5 Å². The van der Waals surface area contributed by atoms with Gasteiger partial charge >= 0.3 is 12.0 Å². The van der Waals surface area contributed by atoms with Gasteiger partial charge in [-0.05, 0) is 50.4 Å². The summed E-state index contributed by atoms with van der Waals surface area (Å²) in [5.41, 5.74) is -0.549. The SMILES string of the molecule is COCCNC(=O)NC(=O)COC(=O)C12C[C@H]3C[C@@H](CC(Cl)(C3)C1)C2. The normalized spacial score (nSPS) is 35.3. The fourth-order valence-electron chi connectivity index (χ4n) is 5.15. The van der Waals surface area contributed by atoms with E-state index in [4.69, 9.17) is 21.1 Å². The molecule has 8 heteroatoms. The minimum absolute atomic E-state index is 0.285. The van der Waals surface area contributed by atoms with Crippen LogP contribution in [0, 0.1) is 17.3 Å². The van der Waals surface area contributed by atoms with Crippen LogP contribution in [0.25, 0.3) is 0 Å². The third-order valence-electron chi connectivity index (χ3n) is 5.60. The Morgan fingerprint density at radius 3 is 2.44 bits per heavy atom. The number of carbonyl (C=O) groups is 3. The van der Waals surface area contributed by atoms with Crippen molar-refractivity contribution in [3.63, 3.8) is 0 Å². The Morgan fingerprint density at radius 1 is 1.16 bits per heavy atom. The van der Waals surface area contributed by atoms with Crippen LogP contribution < -0.4 is 10.6 Å². The van der Waals surface area contributed by atoms with Gasteiger partial charge in [-0.15, -0.1) is 11.6 Å². The molecule has 0 aromatic rings. The molecule has 140 valence electrons. The van der Waals surface area contributed by atoms with E-state index in [-0.39, 0.29) is 10.8 Å². The molecule has 0 spiro atoms. The molecule has 4 fully saturated rings. The zero-order chi connectivity index (χ0) is 18.1. The Labute approximate surface area is 152 Å². The predicted molar refractivity (Wildman–Crippen MR) is 90.1 cm³/mol. The molecule has 2 N–H and O–H groups in total. The molecule has 4 rings (SSSR count). The number of imide groups is 1. The number of halogens is 1. The van der Waals surface area contributed by atoms with Crippen LogP contribution in [-0.4, -0.2) is 49.7 Å². The van der Waals surface area contributed by atoms with Gasteiger partial charge in [0.1, 0.15) is 0 Å². The molecule has 0 aromatic heterocycles. The van der Waals surface area contributed by atoms with E-state index in [2.05, 4.69) is 10.6 Å². The number of hydrogen-bond acceptors (Lipinski definition) is 5. The Hall–Kier alpha value is -1.34. The van der Waals surface area contributed by atoms with Crippen LogP contribution in [0.2, 0.25) is 0 Å². The van der Waals surface area contributed by atoms with Crippen molar-refractivity contribution in [1.82, 2.24) is 10.6 Å². The first-order valence-electron chi connectivity index (χ1n) is 8.77. The first kappa shape index (κ1) is 18.5. The van der Waals surface area contributed by atoms with Crippen molar-refractivity contribution in [2.45, 2.75) is 43.4 Å². The maximum Gasteiger partial charge on any atom is 0.321 e. The van der Waals surface area contributed by atoms with Crippen LogP contribution >= 0.6 is 11.6 Å². The summed E-state index contributed by atoms with van der Waals surface area (Å²) in [7, 11) is 1.51.